The molecule has 8 heteroatoms. The summed E-state index contributed by atoms with van der Waals surface area (Å²) in [4.78, 5) is 27.0. The average Bonchev–Trinajstić information content (AvgIpc) is 3.06. The number of thiazole rings is 1. The van der Waals surface area contributed by atoms with Gasteiger partial charge in [0.25, 0.3) is 0 Å². The molecular formula is C16H19N3O4S. The largest absolute Gasteiger partial charge is 0.478 e. The van der Waals surface area contributed by atoms with Gasteiger partial charge in [-0.3, -0.25) is 0 Å². The number of methoxy groups -OCH3 is 1. The number of hydrogen-bond acceptors (Lipinski definition) is 5. The minimum absolute atomic E-state index is 0.0636. The van der Waals surface area contributed by atoms with Gasteiger partial charge in [0.1, 0.15) is 11.1 Å². The number of benzene rings is 1. The molecule has 1 unspecified atom stereocenters. The van der Waals surface area contributed by atoms with Crippen LogP contribution in [0.25, 0.3) is 0 Å². The standard InChI is InChI=1S/C16H19N3O4S/c1-10(23-2)14-19-13(9-24-14)8-18-16(22)17-7-11-3-5-12(6-4-11)15(20)21/h3-6,9-10H,7-8H2,1-2H3,(H,20,21)(H2,17,18,22). The molecule has 0 bridgehead atoms. The molecule has 3 N–H and O–H groups in total. The van der Waals surface area contributed by atoms with Crippen LogP contribution in [-0.4, -0.2) is 29.2 Å². The lowest BCUT2D eigenvalue weighted by Crippen LogP contribution is -2.34. The molecule has 0 saturated heterocycles. The first-order valence-electron chi connectivity index (χ1n) is 7.30. The predicted octanol–water partition coefficient (Wildman–Crippen LogP) is 2.55. The Balaban J connectivity index is 1.77. The lowest BCUT2D eigenvalue weighted by atomic mass is 10.1. The van der Waals surface area contributed by atoms with E-state index in [1.807, 2.05) is 12.3 Å². The summed E-state index contributed by atoms with van der Waals surface area (Å²) in [5.74, 6) is -0.974. The Morgan fingerprint density at radius 1 is 1.25 bits per heavy atom. The highest BCUT2D eigenvalue weighted by Crippen LogP contribution is 2.20. The van der Waals surface area contributed by atoms with E-state index in [-0.39, 0.29) is 17.7 Å². The molecule has 0 fully saturated rings. The van der Waals surface area contributed by atoms with Crippen molar-refractivity contribution in [1.29, 1.82) is 0 Å². The second-order valence-corrected chi connectivity index (χ2v) is 5.98. The fourth-order valence-electron chi connectivity index (χ4n) is 1.87. The second-order valence-electron chi connectivity index (χ2n) is 5.09. The molecule has 0 aliphatic carbocycles. The predicted molar refractivity (Wildman–Crippen MR) is 90.0 cm³/mol. The van der Waals surface area contributed by atoms with Crippen molar-refractivity contribution in [3.8, 4) is 0 Å². The van der Waals surface area contributed by atoms with E-state index in [2.05, 4.69) is 15.6 Å². The van der Waals surface area contributed by atoms with Gasteiger partial charge in [0.15, 0.2) is 0 Å². The van der Waals surface area contributed by atoms with Crippen LogP contribution in [0.15, 0.2) is 29.6 Å². The molecule has 24 heavy (non-hydrogen) atoms. The summed E-state index contributed by atoms with van der Waals surface area (Å²) < 4.78 is 5.20. The molecule has 1 atom stereocenters. The van der Waals surface area contributed by atoms with Gasteiger partial charge < -0.3 is 20.5 Å². The molecule has 1 aromatic heterocycles. The van der Waals surface area contributed by atoms with Crippen LogP contribution in [-0.2, 0) is 17.8 Å². The highest BCUT2D eigenvalue weighted by atomic mass is 32.1. The maximum Gasteiger partial charge on any atom is 0.335 e. The summed E-state index contributed by atoms with van der Waals surface area (Å²) in [5.41, 5.74) is 1.81. The third-order valence-electron chi connectivity index (χ3n) is 3.35. The molecule has 0 spiro atoms. The van der Waals surface area contributed by atoms with Gasteiger partial charge in [-0.05, 0) is 24.6 Å². The van der Waals surface area contributed by atoms with E-state index in [0.717, 1.165) is 16.3 Å². The van der Waals surface area contributed by atoms with Crippen LogP contribution in [0.1, 0.15) is 39.7 Å². The highest BCUT2D eigenvalue weighted by molar-refractivity contribution is 7.09. The third kappa shape index (κ3) is 5.04. The van der Waals surface area contributed by atoms with Gasteiger partial charge >= 0.3 is 12.0 Å². The summed E-state index contributed by atoms with van der Waals surface area (Å²) in [6.07, 6.45) is -0.0636. The normalized spacial score (nSPS) is 11.8. The lowest BCUT2D eigenvalue weighted by Gasteiger charge is -2.07. The summed E-state index contributed by atoms with van der Waals surface area (Å²) in [7, 11) is 1.63. The van der Waals surface area contributed by atoms with E-state index < -0.39 is 5.97 Å². The van der Waals surface area contributed by atoms with Gasteiger partial charge in [0.05, 0.1) is 17.8 Å². The minimum Gasteiger partial charge on any atom is -0.478 e. The molecule has 2 rings (SSSR count). The number of hydrogen-bond donors (Lipinski definition) is 3. The van der Waals surface area contributed by atoms with Crippen molar-refractivity contribution < 1.29 is 19.4 Å². The fourth-order valence-corrected chi connectivity index (χ4v) is 2.72. The maximum atomic E-state index is 11.8. The van der Waals surface area contributed by atoms with Gasteiger partial charge in [-0.1, -0.05) is 12.1 Å². The Labute approximate surface area is 143 Å². The molecular weight excluding hydrogens is 330 g/mol. The number of ether oxygens (including phenoxy) is 1. The highest BCUT2D eigenvalue weighted by Gasteiger charge is 2.10. The van der Waals surface area contributed by atoms with E-state index in [1.165, 1.54) is 23.5 Å². The Morgan fingerprint density at radius 3 is 2.54 bits per heavy atom. The molecule has 0 radical (unpaired) electrons. The number of urea groups is 1. The molecule has 1 aromatic carbocycles. The van der Waals surface area contributed by atoms with Gasteiger partial charge in [-0.2, -0.15) is 0 Å². The van der Waals surface area contributed by atoms with E-state index in [4.69, 9.17) is 9.84 Å². The van der Waals surface area contributed by atoms with Crippen LogP contribution in [0, 0.1) is 0 Å². The molecule has 0 aliphatic heterocycles. The summed E-state index contributed by atoms with van der Waals surface area (Å²) in [6, 6.07) is 6.04. The van der Waals surface area contributed by atoms with Crippen LogP contribution >= 0.6 is 11.3 Å². The monoisotopic (exact) mass is 349 g/mol. The first-order chi connectivity index (χ1) is 11.5. The van der Waals surface area contributed by atoms with Gasteiger partial charge in [0.2, 0.25) is 0 Å². The fraction of sp³-hybridized carbons (Fsp3) is 0.312. The number of nitrogens with one attached hydrogen (secondary N) is 2. The number of nitrogens with zero attached hydrogens (tertiary/aromatic N) is 1. The number of carboxylic acids is 1. The van der Waals surface area contributed by atoms with Crippen LogP contribution in [0.2, 0.25) is 0 Å². The molecule has 2 amide bonds. The Hall–Kier alpha value is -2.45. The molecule has 1 heterocycles. The number of aromatic nitrogens is 1. The number of amides is 2. The van der Waals surface area contributed by atoms with E-state index in [0.29, 0.717) is 13.1 Å². The Kier molecular flexibility index (Phi) is 6.28. The SMILES string of the molecule is COC(C)c1nc(CNC(=O)NCc2ccc(C(=O)O)cc2)cs1. The topological polar surface area (TPSA) is 101 Å². The van der Waals surface area contributed by atoms with Crippen LogP contribution in [0.3, 0.4) is 0 Å². The zero-order valence-electron chi connectivity index (χ0n) is 13.4. The molecule has 0 aliphatic rings. The van der Waals surface area contributed by atoms with Crippen LogP contribution in [0.4, 0.5) is 4.79 Å². The molecule has 0 saturated carbocycles. The number of rotatable bonds is 7. The summed E-state index contributed by atoms with van der Waals surface area (Å²) in [6.45, 7) is 2.56. The van der Waals surface area contributed by atoms with Gasteiger partial charge in [-0.15, -0.1) is 11.3 Å². The first-order valence-corrected chi connectivity index (χ1v) is 8.18. The van der Waals surface area contributed by atoms with Crippen molar-refractivity contribution in [2.75, 3.05) is 7.11 Å². The first kappa shape index (κ1) is 17.9. The quantitative estimate of drug-likeness (QED) is 0.713. The van der Waals surface area contributed by atoms with Gasteiger partial charge in [0, 0.05) is 19.0 Å². The maximum absolute atomic E-state index is 11.8. The van der Waals surface area contributed by atoms with Crippen molar-refractivity contribution in [2.45, 2.75) is 26.1 Å². The smallest absolute Gasteiger partial charge is 0.335 e. The van der Waals surface area contributed by atoms with E-state index >= 15 is 0 Å². The second kappa shape index (κ2) is 8.42. The molecule has 2 aromatic rings. The summed E-state index contributed by atoms with van der Waals surface area (Å²) >= 11 is 1.49. The molecule has 128 valence electrons. The number of aromatic carboxylic acids is 1. The van der Waals surface area contributed by atoms with Crippen LogP contribution in [0.5, 0.6) is 0 Å². The Morgan fingerprint density at radius 2 is 1.92 bits per heavy atom. The lowest BCUT2D eigenvalue weighted by molar-refractivity contribution is 0.0697. The number of carbonyl (C=O) groups is 2. The Bertz CT molecular complexity index is 700. The number of carboxylic acid groups (broad SMARTS) is 1. The van der Waals surface area contributed by atoms with E-state index in [1.54, 1.807) is 19.2 Å². The van der Waals surface area contributed by atoms with Crippen molar-refractivity contribution in [2.24, 2.45) is 0 Å². The van der Waals surface area contributed by atoms with Crippen molar-refractivity contribution in [3.05, 3.63) is 51.5 Å². The third-order valence-corrected chi connectivity index (χ3v) is 4.41. The zero-order chi connectivity index (χ0) is 17.5. The van der Waals surface area contributed by atoms with Crippen molar-refractivity contribution in [3.63, 3.8) is 0 Å². The number of carbonyl (C=O) groups excluding carboxylic acids is 1. The van der Waals surface area contributed by atoms with Crippen molar-refractivity contribution >= 4 is 23.3 Å². The zero-order valence-corrected chi connectivity index (χ0v) is 14.2. The average molecular weight is 349 g/mol. The van der Waals surface area contributed by atoms with Crippen LogP contribution < -0.4 is 10.6 Å². The molecule has 7 nitrogen and oxygen atoms in total. The van der Waals surface area contributed by atoms with Gasteiger partial charge in [-0.25, -0.2) is 14.6 Å². The summed E-state index contributed by atoms with van der Waals surface area (Å²) in [5, 5.41) is 17.0. The van der Waals surface area contributed by atoms with Crippen molar-refractivity contribution in [1.82, 2.24) is 15.6 Å². The van der Waals surface area contributed by atoms with E-state index in [9.17, 15) is 9.59 Å². The minimum atomic E-state index is -0.974.